The lowest BCUT2D eigenvalue weighted by molar-refractivity contribution is 0.104. The van der Waals surface area contributed by atoms with E-state index in [0.717, 1.165) is 17.5 Å². The van der Waals surface area contributed by atoms with Crippen LogP contribution in [0.5, 0.6) is 0 Å². The molecule has 0 fully saturated rings. The fourth-order valence-electron chi connectivity index (χ4n) is 1.44. The Morgan fingerprint density at radius 3 is 2.92 bits per heavy atom. The molecular formula is C10H9NO. The first-order valence-electron chi connectivity index (χ1n) is 3.87. The van der Waals surface area contributed by atoms with Gasteiger partial charge in [-0.2, -0.15) is 0 Å². The van der Waals surface area contributed by atoms with Gasteiger partial charge < -0.3 is 5.73 Å². The quantitative estimate of drug-likeness (QED) is 0.584. The van der Waals surface area contributed by atoms with Crippen LogP contribution in [0.15, 0.2) is 30.4 Å². The van der Waals surface area contributed by atoms with E-state index in [2.05, 4.69) is 0 Å². The first-order valence-corrected chi connectivity index (χ1v) is 3.87. The molecule has 1 aromatic rings. The maximum Gasteiger partial charge on any atom is 0.185 e. The monoisotopic (exact) mass is 159 g/mol. The van der Waals surface area contributed by atoms with Crippen LogP contribution < -0.4 is 5.73 Å². The van der Waals surface area contributed by atoms with Crippen molar-refractivity contribution >= 4 is 11.5 Å². The van der Waals surface area contributed by atoms with Gasteiger partial charge in [-0.3, -0.25) is 4.79 Å². The lowest BCUT2D eigenvalue weighted by Crippen LogP contribution is -2.07. The van der Waals surface area contributed by atoms with Crippen LogP contribution >= 0.6 is 0 Å². The molecule has 2 heteroatoms. The third kappa shape index (κ3) is 0.925. The van der Waals surface area contributed by atoms with Crippen LogP contribution in [0.1, 0.15) is 15.9 Å². The smallest absolute Gasteiger partial charge is 0.185 e. The van der Waals surface area contributed by atoms with Crippen molar-refractivity contribution < 1.29 is 4.79 Å². The molecule has 0 amide bonds. The van der Waals surface area contributed by atoms with Gasteiger partial charge >= 0.3 is 0 Å². The van der Waals surface area contributed by atoms with E-state index in [0.29, 0.717) is 5.69 Å². The van der Waals surface area contributed by atoms with E-state index in [-0.39, 0.29) is 5.78 Å². The third-order valence-corrected chi connectivity index (χ3v) is 2.07. The summed E-state index contributed by atoms with van der Waals surface area (Å²) in [6.07, 6.45) is 4.22. The molecule has 1 aliphatic carbocycles. The van der Waals surface area contributed by atoms with Crippen LogP contribution in [0.3, 0.4) is 0 Å². The number of ketones is 1. The molecule has 0 heterocycles. The summed E-state index contributed by atoms with van der Waals surface area (Å²) >= 11 is 0. The Morgan fingerprint density at radius 1 is 1.33 bits per heavy atom. The predicted octanol–water partition coefficient (Wildman–Crippen LogP) is 1.56. The van der Waals surface area contributed by atoms with Crippen molar-refractivity contribution in [2.45, 2.75) is 6.42 Å². The summed E-state index contributed by atoms with van der Waals surface area (Å²) in [4.78, 5) is 11.3. The standard InChI is InChI=1S/C10H9NO/c11-9-5-1-4-8-7(9)3-2-6-10(8)12/h1-2,4-6H,3,11H2. The summed E-state index contributed by atoms with van der Waals surface area (Å²) in [5.41, 5.74) is 8.14. The summed E-state index contributed by atoms with van der Waals surface area (Å²) in [6.45, 7) is 0. The minimum absolute atomic E-state index is 0.0588. The Labute approximate surface area is 70.7 Å². The highest BCUT2D eigenvalue weighted by Gasteiger charge is 2.13. The SMILES string of the molecule is Nc1cccc2c1CC=CC2=O. The van der Waals surface area contributed by atoms with Gasteiger partial charge in [-0.25, -0.2) is 0 Å². The maximum atomic E-state index is 11.3. The molecule has 0 aliphatic heterocycles. The van der Waals surface area contributed by atoms with E-state index in [4.69, 9.17) is 5.73 Å². The van der Waals surface area contributed by atoms with Gasteiger partial charge in [0.25, 0.3) is 0 Å². The van der Waals surface area contributed by atoms with Gasteiger partial charge in [0.2, 0.25) is 0 Å². The van der Waals surface area contributed by atoms with Crippen LogP contribution in [0, 0.1) is 0 Å². The summed E-state index contributed by atoms with van der Waals surface area (Å²) < 4.78 is 0. The van der Waals surface area contributed by atoms with Crippen molar-refractivity contribution in [3.8, 4) is 0 Å². The Kier molecular flexibility index (Phi) is 1.47. The van der Waals surface area contributed by atoms with E-state index < -0.39 is 0 Å². The number of carbonyl (C=O) groups excluding carboxylic acids is 1. The molecule has 0 radical (unpaired) electrons. The van der Waals surface area contributed by atoms with Crippen LogP contribution in [-0.2, 0) is 6.42 Å². The summed E-state index contributed by atoms with van der Waals surface area (Å²) in [6, 6.07) is 5.45. The van der Waals surface area contributed by atoms with Crippen molar-refractivity contribution in [3.63, 3.8) is 0 Å². The number of hydrogen-bond acceptors (Lipinski definition) is 2. The lowest BCUT2D eigenvalue weighted by Gasteiger charge is -2.11. The van der Waals surface area contributed by atoms with Crippen molar-refractivity contribution in [3.05, 3.63) is 41.5 Å². The minimum atomic E-state index is 0.0588. The second kappa shape index (κ2) is 2.48. The van der Waals surface area contributed by atoms with Crippen LogP contribution in [-0.4, -0.2) is 5.78 Å². The van der Waals surface area contributed by atoms with E-state index in [9.17, 15) is 4.79 Å². The second-order valence-corrected chi connectivity index (χ2v) is 2.84. The molecule has 0 unspecified atom stereocenters. The molecule has 1 aliphatic rings. The molecule has 0 saturated carbocycles. The Morgan fingerprint density at radius 2 is 2.17 bits per heavy atom. The van der Waals surface area contributed by atoms with Gasteiger partial charge in [-0.05, 0) is 24.1 Å². The molecule has 0 spiro atoms. The van der Waals surface area contributed by atoms with Crippen molar-refractivity contribution in [2.24, 2.45) is 0 Å². The van der Waals surface area contributed by atoms with Gasteiger partial charge in [-0.15, -0.1) is 0 Å². The first-order chi connectivity index (χ1) is 5.79. The molecule has 0 bridgehead atoms. The van der Waals surface area contributed by atoms with Gasteiger partial charge in [0, 0.05) is 11.3 Å². The van der Waals surface area contributed by atoms with Crippen LogP contribution in [0.4, 0.5) is 5.69 Å². The van der Waals surface area contributed by atoms with Crippen LogP contribution in [0.25, 0.3) is 0 Å². The van der Waals surface area contributed by atoms with Crippen molar-refractivity contribution in [1.82, 2.24) is 0 Å². The number of nitrogens with two attached hydrogens (primary N) is 1. The number of anilines is 1. The average Bonchev–Trinajstić information content (AvgIpc) is 2.07. The highest BCUT2D eigenvalue weighted by molar-refractivity contribution is 6.07. The predicted molar refractivity (Wildman–Crippen MR) is 48.0 cm³/mol. The van der Waals surface area contributed by atoms with Crippen LogP contribution in [0.2, 0.25) is 0 Å². The van der Waals surface area contributed by atoms with Crippen molar-refractivity contribution in [2.75, 3.05) is 5.73 Å². The highest BCUT2D eigenvalue weighted by Crippen LogP contribution is 2.21. The summed E-state index contributed by atoms with van der Waals surface area (Å²) in [5, 5.41) is 0. The maximum absolute atomic E-state index is 11.3. The lowest BCUT2D eigenvalue weighted by atomic mass is 9.95. The molecule has 2 N–H and O–H groups in total. The number of allylic oxidation sites excluding steroid dienone is 2. The average molecular weight is 159 g/mol. The van der Waals surface area contributed by atoms with E-state index in [1.54, 1.807) is 6.08 Å². The zero-order valence-corrected chi connectivity index (χ0v) is 6.58. The summed E-state index contributed by atoms with van der Waals surface area (Å²) in [7, 11) is 0. The fourth-order valence-corrected chi connectivity index (χ4v) is 1.44. The fraction of sp³-hybridized carbons (Fsp3) is 0.100. The van der Waals surface area contributed by atoms with Crippen molar-refractivity contribution in [1.29, 1.82) is 0 Å². The first kappa shape index (κ1) is 7.10. The Balaban J connectivity index is 2.65. The summed E-state index contributed by atoms with van der Waals surface area (Å²) in [5.74, 6) is 0.0588. The van der Waals surface area contributed by atoms with Gasteiger partial charge in [0.1, 0.15) is 0 Å². The largest absolute Gasteiger partial charge is 0.398 e. The Bertz CT molecular complexity index is 366. The molecule has 2 nitrogen and oxygen atoms in total. The number of rotatable bonds is 0. The molecule has 0 atom stereocenters. The molecular weight excluding hydrogens is 150 g/mol. The zero-order chi connectivity index (χ0) is 8.55. The Hall–Kier alpha value is -1.57. The normalized spacial score (nSPS) is 14.5. The molecule has 1 aromatic carbocycles. The number of hydrogen-bond donors (Lipinski definition) is 1. The van der Waals surface area contributed by atoms with Gasteiger partial charge in [0.05, 0.1) is 0 Å². The highest BCUT2D eigenvalue weighted by atomic mass is 16.1. The minimum Gasteiger partial charge on any atom is -0.398 e. The third-order valence-electron chi connectivity index (χ3n) is 2.07. The second-order valence-electron chi connectivity index (χ2n) is 2.84. The molecule has 2 rings (SSSR count). The number of benzene rings is 1. The van der Waals surface area contributed by atoms with E-state index >= 15 is 0 Å². The molecule has 0 aromatic heterocycles. The van der Waals surface area contributed by atoms with Gasteiger partial charge in [0.15, 0.2) is 5.78 Å². The van der Waals surface area contributed by atoms with E-state index in [1.807, 2.05) is 24.3 Å². The molecule has 12 heavy (non-hydrogen) atoms. The van der Waals surface area contributed by atoms with Gasteiger partial charge in [-0.1, -0.05) is 18.2 Å². The molecule has 60 valence electrons. The number of carbonyl (C=O) groups is 1. The number of fused-ring (bicyclic) bond motifs is 1. The zero-order valence-electron chi connectivity index (χ0n) is 6.58. The van der Waals surface area contributed by atoms with E-state index in [1.165, 1.54) is 0 Å². The topological polar surface area (TPSA) is 43.1 Å². The molecule has 0 saturated heterocycles. The number of nitrogen functional groups attached to an aromatic ring is 1.